The number of hydrogen-bond donors (Lipinski definition) is 1. The summed E-state index contributed by atoms with van der Waals surface area (Å²) in [5.74, 6) is -0.599. The largest absolute Gasteiger partial charge is 0.464 e. The summed E-state index contributed by atoms with van der Waals surface area (Å²) in [5.41, 5.74) is -0.412. The van der Waals surface area contributed by atoms with E-state index in [-0.39, 0.29) is 11.4 Å². The number of anilines is 2. The number of methoxy groups -OCH3 is 1. The van der Waals surface area contributed by atoms with Gasteiger partial charge in [-0.25, -0.2) is 9.78 Å². The predicted molar refractivity (Wildman–Crippen MR) is 68.2 cm³/mol. The van der Waals surface area contributed by atoms with Crippen molar-refractivity contribution in [2.75, 3.05) is 12.4 Å². The molecular weight excluding hydrogens is 293 g/mol. The Morgan fingerprint density at radius 3 is 2.80 bits per heavy atom. The third kappa shape index (κ3) is 3.27. The van der Waals surface area contributed by atoms with Crippen molar-refractivity contribution >= 4 is 28.1 Å². The predicted octanol–water partition coefficient (Wildman–Crippen LogP) is 3.69. The Hall–Kier alpha value is -2.09. The molecule has 0 radical (unpaired) electrons. The van der Waals surface area contributed by atoms with E-state index >= 15 is 0 Å². The first-order valence-corrected chi connectivity index (χ1v) is 6.26. The number of alkyl halides is 3. The Kier molecular flexibility index (Phi) is 3.93. The Balaban J connectivity index is 2.18. The molecule has 0 amide bonds. The number of carbonyl (C=O) groups is 1. The number of benzene rings is 1. The monoisotopic (exact) mass is 302 g/mol. The SMILES string of the molecule is COC(=O)c1csc(Nc2cccc(C(F)(F)F)c2)n1. The second-order valence-corrected chi connectivity index (χ2v) is 4.59. The molecule has 0 spiro atoms. The molecule has 1 N–H and O–H groups in total. The molecule has 2 aromatic rings. The summed E-state index contributed by atoms with van der Waals surface area (Å²) in [6.45, 7) is 0. The van der Waals surface area contributed by atoms with Crippen molar-refractivity contribution in [3.8, 4) is 0 Å². The van der Waals surface area contributed by atoms with Crippen LogP contribution in [0.4, 0.5) is 24.0 Å². The van der Waals surface area contributed by atoms with Gasteiger partial charge >= 0.3 is 12.1 Å². The topological polar surface area (TPSA) is 51.2 Å². The van der Waals surface area contributed by atoms with Crippen LogP contribution in [0.1, 0.15) is 16.1 Å². The average molecular weight is 302 g/mol. The van der Waals surface area contributed by atoms with Gasteiger partial charge in [-0.15, -0.1) is 11.3 Å². The van der Waals surface area contributed by atoms with E-state index < -0.39 is 17.7 Å². The minimum absolute atomic E-state index is 0.104. The van der Waals surface area contributed by atoms with Crippen LogP contribution in [0, 0.1) is 0 Å². The molecular formula is C12H9F3N2O2S. The lowest BCUT2D eigenvalue weighted by molar-refractivity contribution is -0.137. The quantitative estimate of drug-likeness (QED) is 0.879. The van der Waals surface area contributed by atoms with Crippen LogP contribution in [0.15, 0.2) is 29.6 Å². The van der Waals surface area contributed by atoms with Crippen molar-refractivity contribution in [1.82, 2.24) is 4.98 Å². The first kappa shape index (κ1) is 14.3. The van der Waals surface area contributed by atoms with Crippen LogP contribution in [-0.2, 0) is 10.9 Å². The first-order chi connectivity index (χ1) is 9.40. The standard InChI is InChI=1S/C12H9F3N2O2S/c1-19-10(18)9-6-20-11(17-9)16-8-4-2-3-7(5-8)12(13,14)15/h2-6H,1H3,(H,16,17). The van der Waals surface area contributed by atoms with Crippen LogP contribution in [0.5, 0.6) is 0 Å². The number of thiazole rings is 1. The lowest BCUT2D eigenvalue weighted by atomic mass is 10.2. The highest BCUT2D eigenvalue weighted by Gasteiger charge is 2.30. The summed E-state index contributed by atoms with van der Waals surface area (Å²) < 4.78 is 42.2. The highest BCUT2D eigenvalue weighted by Crippen LogP contribution is 2.31. The van der Waals surface area contributed by atoms with Crippen molar-refractivity contribution < 1.29 is 22.7 Å². The van der Waals surface area contributed by atoms with Gasteiger partial charge in [-0.05, 0) is 18.2 Å². The van der Waals surface area contributed by atoms with Crippen LogP contribution in [0.25, 0.3) is 0 Å². The van der Waals surface area contributed by atoms with Gasteiger partial charge in [-0.1, -0.05) is 6.07 Å². The van der Waals surface area contributed by atoms with E-state index in [1.165, 1.54) is 24.6 Å². The Bertz CT molecular complexity index is 625. The fraction of sp³-hybridized carbons (Fsp3) is 0.167. The normalized spacial score (nSPS) is 11.2. The molecule has 0 saturated heterocycles. The average Bonchev–Trinajstić information content (AvgIpc) is 2.85. The number of nitrogens with zero attached hydrogens (tertiary/aromatic N) is 1. The Labute approximate surface area is 116 Å². The summed E-state index contributed by atoms with van der Waals surface area (Å²) in [4.78, 5) is 15.1. The van der Waals surface area contributed by atoms with E-state index in [0.29, 0.717) is 5.13 Å². The molecule has 1 aromatic heterocycles. The van der Waals surface area contributed by atoms with Crippen LogP contribution < -0.4 is 5.32 Å². The molecule has 4 nitrogen and oxygen atoms in total. The number of hydrogen-bond acceptors (Lipinski definition) is 5. The Morgan fingerprint density at radius 2 is 2.15 bits per heavy atom. The zero-order valence-electron chi connectivity index (χ0n) is 10.2. The zero-order valence-corrected chi connectivity index (χ0v) is 11.0. The highest BCUT2D eigenvalue weighted by atomic mass is 32.1. The van der Waals surface area contributed by atoms with E-state index in [4.69, 9.17) is 0 Å². The number of rotatable bonds is 3. The molecule has 20 heavy (non-hydrogen) atoms. The smallest absolute Gasteiger partial charge is 0.416 e. The van der Waals surface area contributed by atoms with Gasteiger partial charge in [0.1, 0.15) is 0 Å². The van der Waals surface area contributed by atoms with Gasteiger partial charge in [0.05, 0.1) is 12.7 Å². The van der Waals surface area contributed by atoms with E-state index in [9.17, 15) is 18.0 Å². The molecule has 1 aromatic carbocycles. The van der Waals surface area contributed by atoms with E-state index in [1.54, 1.807) is 0 Å². The third-order valence-corrected chi connectivity index (χ3v) is 3.10. The van der Waals surface area contributed by atoms with Crippen LogP contribution in [-0.4, -0.2) is 18.1 Å². The Morgan fingerprint density at radius 1 is 1.40 bits per heavy atom. The minimum atomic E-state index is -4.41. The minimum Gasteiger partial charge on any atom is -0.464 e. The lowest BCUT2D eigenvalue weighted by Crippen LogP contribution is -2.05. The van der Waals surface area contributed by atoms with Crippen molar-refractivity contribution in [2.24, 2.45) is 0 Å². The summed E-state index contributed by atoms with van der Waals surface area (Å²) in [6.07, 6.45) is -4.41. The van der Waals surface area contributed by atoms with Gasteiger partial charge in [-0.3, -0.25) is 0 Å². The molecule has 0 aliphatic heterocycles. The maximum absolute atomic E-state index is 12.6. The molecule has 8 heteroatoms. The molecule has 1 heterocycles. The number of halogens is 3. The maximum atomic E-state index is 12.6. The summed E-state index contributed by atoms with van der Waals surface area (Å²) >= 11 is 1.10. The number of esters is 1. The molecule has 0 bridgehead atoms. The fourth-order valence-electron chi connectivity index (χ4n) is 1.43. The van der Waals surface area contributed by atoms with Crippen molar-refractivity contribution in [1.29, 1.82) is 0 Å². The van der Waals surface area contributed by atoms with E-state index in [2.05, 4.69) is 15.0 Å². The number of aromatic nitrogens is 1. The van der Waals surface area contributed by atoms with Gasteiger partial charge in [-0.2, -0.15) is 13.2 Å². The molecule has 0 fully saturated rings. The van der Waals surface area contributed by atoms with Crippen LogP contribution >= 0.6 is 11.3 Å². The molecule has 0 saturated carbocycles. The molecule has 2 rings (SSSR count). The lowest BCUT2D eigenvalue weighted by Gasteiger charge is -2.08. The van der Waals surface area contributed by atoms with Gasteiger partial charge in [0.15, 0.2) is 10.8 Å². The van der Waals surface area contributed by atoms with Crippen LogP contribution in [0.3, 0.4) is 0 Å². The third-order valence-electron chi connectivity index (χ3n) is 2.34. The molecule has 0 atom stereocenters. The van der Waals surface area contributed by atoms with Crippen LogP contribution in [0.2, 0.25) is 0 Å². The number of nitrogens with one attached hydrogen (secondary N) is 1. The van der Waals surface area contributed by atoms with Crippen molar-refractivity contribution in [2.45, 2.75) is 6.18 Å². The maximum Gasteiger partial charge on any atom is 0.416 e. The fourth-order valence-corrected chi connectivity index (χ4v) is 2.13. The molecule has 0 aliphatic rings. The first-order valence-electron chi connectivity index (χ1n) is 5.38. The number of carbonyl (C=O) groups excluding carboxylic acids is 1. The summed E-state index contributed by atoms with van der Waals surface area (Å²) in [7, 11) is 1.22. The summed E-state index contributed by atoms with van der Waals surface area (Å²) in [6, 6.07) is 4.72. The second-order valence-electron chi connectivity index (χ2n) is 3.73. The van der Waals surface area contributed by atoms with Gasteiger partial charge in [0.2, 0.25) is 0 Å². The number of ether oxygens (including phenoxy) is 1. The second kappa shape index (κ2) is 5.49. The summed E-state index contributed by atoms with van der Waals surface area (Å²) in [5, 5.41) is 4.49. The molecule has 0 unspecified atom stereocenters. The van der Waals surface area contributed by atoms with Crippen molar-refractivity contribution in [3.63, 3.8) is 0 Å². The highest BCUT2D eigenvalue weighted by molar-refractivity contribution is 7.14. The van der Waals surface area contributed by atoms with Gasteiger partial charge in [0.25, 0.3) is 0 Å². The molecule has 106 valence electrons. The van der Waals surface area contributed by atoms with Gasteiger partial charge in [0, 0.05) is 11.1 Å². The van der Waals surface area contributed by atoms with Gasteiger partial charge < -0.3 is 10.1 Å². The van der Waals surface area contributed by atoms with E-state index in [1.807, 2.05) is 0 Å². The molecule has 0 aliphatic carbocycles. The van der Waals surface area contributed by atoms with E-state index in [0.717, 1.165) is 23.5 Å². The zero-order chi connectivity index (χ0) is 14.8. The van der Waals surface area contributed by atoms with Crippen molar-refractivity contribution in [3.05, 3.63) is 40.9 Å².